The summed E-state index contributed by atoms with van der Waals surface area (Å²) in [7, 11) is -5.08. The Labute approximate surface area is 155 Å². The van der Waals surface area contributed by atoms with Crippen molar-refractivity contribution in [1.29, 1.82) is 0 Å². The fourth-order valence-corrected chi connectivity index (χ4v) is 5.02. The Kier molecular flexibility index (Phi) is 4.03. The van der Waals surface area contributed by atoms with Crippen molar-refractivity contribution in [1.82, 2.24) is 4.25 Å². The van der Waals surface area contributed by atoms with Gasteiger partial charge in [-0.1, -0.05) is 54.6 Å². The minimum Gasteiger partial charge on any atom is -0.729 e. The number of ether oxygens (including phenoxy) is 1. The van der Waals surface area contributed by atoms with Gasteiger partial charge in [-0.25, -0.2) is 4.57 Å². The van der Waals surface area contributed by atoms with Crippen LogP contribution in [0.15, 0.2) is 78.9 Å². The molecule has 0 saturated heterocycles. The van der Waals surface area contributed by atoms with E-state index in [4.69, 9.17) is 17.0 Å². The van der Waals surface area contributed by atoms with E-state index in [0.29, 0.717) is 17.0 Å². The summed E-state index contributed by atoms with van der Waals surface area (Å²) in [5.74, 6) is 0.310. The molecule has 3 aromatic carbocycles. The Hall–Kier alpha value is -2.34. The lowest BCUT2D eigenvalue weighted by Crippen LogP contribution is -2.47. The van der Waals surface area contributed by atoms with Crippen LogP contribution in [0.1, 0.15) is 0 Å². The molecule has 0 spiro atoms. The highest BCUT2D eigenvalue weighted by atomic mass is 32.1. The first-order chi connectivity index (χ1) is 12.5. The zero-order valence-electron chi connectivity index (χ0n) is 13.5. The third-order valence-corrected chi connectivity index (χ3v) is 6.24. The second-order valence-electron chi connectivity index (χ2n) is 5.85. The van der Waals surface area contributed by atoms with E-state index < -0.39 is 12.0 Å². The van der Waals surface area contributed by atoms with Crippen LogP contribution in [0.5, 0.6) is 5.75 Å². The Morgan fingerprint density at radius 2 is 1.54 bits per heavy atom. The molecule has 1 aliphatic rings. The smallest absolute Gasteiger partial charge is 0.383 e. The Morgan fingerprint density at radius 1 is 0.923 bits per heavy atom. The molecule has 2 atom stereocenters. The van der Waals surface area contributed by atoms with E-state index >= 15 is 0 Å². The van der Waals surface area contributed by atoms with E-state index in [1.165, 1.54) is 0 Å². The maximum atomic E-state index is 12.7. The first-order valence-corrected chi connectivity index (χ1v) is 9.80. The highest BCUT2D eigenvalue weighted by Gasteiger charge is 2.57. The van der Waals surface area contributed by atoms with Crippen molar-refractivity contribution in [2.45, 2.75) is 0 Å². The minimum absolute atomic E-state index is 0.254. The largest absolute Gasteiger partial charge is 0.729 e. The summed E-state index contributed by atoms with van der Waals surface area (Å²) in [6, 6.07) is 22.9. The van der Waals surface area contributed by atoms with Gasteiger partial charge in [-0.15, -0.1) is 4.25 Å². The van der Waals surface area contributed by atoms with E-state index in [2.05, 4.69) is 0 Å². The summed E-state index contributed by atoms with van der Waals surface area (Å²) in [4.78, 5) is 23.0. The average Bonchev–Trinajstić information content (AvgIpc) is 2.95. The predicted octanol–water partition coefficient (Wildman–Crippen LogP) is 4.13. The lowest BCUT2D eigenvalue weighted by molar-refractivity contribution is -0.201. The molecule has 1 heterocycles. The van der Waals surface area contributed by atoms with Crippen LogP contribution in [-0.4, -0.2) is 10.1 Å². The standard InChI is InChI=1S/C19H14NO4PS/c21-25(22,23)20(15-10-5-2-6-11-15)18-16(14-8-3-1-4-9-14)12-7-13-17(18)24-19(20)26/h1-13H,(H-,21,22,23). The molecular weight excluding hydrogens is 369 g/mol. The second kappa shape index (κ2) is 6.13. The Balaban J connectivity index is 2.13. The zero-order chi connectivity index (χ0) is 18.4. The topological polar surface area (TPSA) is 69.6 Å². The molecule has 5 nitrogen and oxygen atoms in total. The van der Waals surface area contributed by atoms with Crippen LogP contribution in [0.2, 0.25) is 0 Å². The monoisotopic (exact) mass is 383 g/mol. The summed E-state index contributed by atoms with van der Waals surface area (Å²) in [5.41, 5.74) is 2.00. The van der Waals surface area contributed by atoms with Crippen LogP contribution >= 0.6 is 20.0 Å². The van der Waals surface area contributed by atoms with E-state index in [1.54, 1.807) is 48.5 Å². The summed E-state index contributed by atoms with van der Waals surface area (Å²) in [5, 5.41) is -0.254. The number of para-hydroxylation sites is 2. The summed E-state index contributed by atoms with van der Waals surface area (Å²) >= 11 is 5.32. The first-order valence-electron chi connectivity index (χ1n) is 7.86. The molecule has 0 saturated carbocycles. The van der Waals surface area contributed by atoms with Crippen molar-refractivity contribution < 1.29 is 19.1 Å². The maximum Gasteiger partial charge on any atom is 0.383 e. The van der Waals surface area contributed by atoms with Gasteiger partial charge < -0.3 is 14.5 Å². The molecule has 0 bridgehead atoms. The van der Waals surface area contributed by atoms with Gasteiger partial charge in [-0.3, -0.25) is 0 Å². The molecular formula is C19H14NO4PS. The number of fused-ring (bicyclic) bond motifs is 1. The molecule has 0 fully saturated rings. The Bertz CT molecular complexity index is 1040. The van der Waals surface area contributed by atoms with Crippen LogP contribution in [0.3, 0.4) is 0 Å². The maximum absolute atomic E-state index is 12.7. The number of quaternary nitrogens is 1. The molecule has 4 rings (SSSR count). The predicted molar refractivity (Wildman–Crippen MR) is 103 cm³/mol. The number of hydrogen-bond donors (Lipinski definition) is 1. The van der Waals surface area contributed by atoms with Crippen LogP contribution in [0.25, 0.3) is 11.1 Å². The van der Waals surface area contributed by atoms with E-state index in [1.807, 2.05) is 30.3 Å². The normalized spacial score (nSPS) is 20.9. The van der Waals surface area contributed by atoms with Crippen molar-refractivity contribution in [2.75, 3.05) is 0 Å². The van der Waals surface area contributed by atoms with Crippen LogP contribution < -0.4 is 13.9 Å². The molecule has 7 heteroatoms. The van der Waals surface area contributed by atoms with Gasteiger partial charge in [-0.05, 0) is 17.7 Å². The van der Waals surface area contributed by atoms with Crippen molar-refractivity contribution in [2.24, 2.45) is 0 Å². The molecule has 130 valence electrons. The molecule has 1 aliphatic heterocycles. The molecule has 2 unspecified atom stereocenters. The molecule has 1 N–H and O–H groups in total. The number of nitrogens with zero attached hydrogens (tertiary/aromatic N) is 1. The molecule has 0 aliphatic carbocycles. The first kappa shape index (κ1) is 17.1. The lowest BCUT2D eigenvalue weighted by atomic mass is 10.0. The fourth-order valence-electron chi connectivity index (χ4n) is 3.29. The number of rotatable bonds is 3. The van der Waals surface area contributed by atoms with Crippen LogP contribution in [0, 0.1) is 0 Å². The van der Waals surface area contributed by atoms with Gasteiger partial charge in [0.25, 0.3) is 0 Å². The second-order valence-corrected chi connectivity index (χ2v) is 7.78. The van der Waals surface area contributed by atoms with Gasteiger partial charge in [0.1, 0.15) is 0 Å². The molecule has 3 aromatic rings. The average molecular weight is 383 g/mol. The highest BCUT2D eigenvalue weighted by Crippen LogP contribution is 2.64. The summed E-state index contributed by atoms with van der Waals surface area (Å²) in [6.45, 7) is 0. The molecule has 0 aromatic heterocycles. The third kappa shape index (κ3) is 2.35. The van der Waals surface area contributed by atoms with E-state index in [0.717, 1.165) is 5.56 Å². The van der Waals surface area contributed by atoms with Gasteiger partial charge in [-0.2, -0.15) is 0 Å². The third-order valence-electron chi connectivity index (χ3n) is 4.38. The van der Waals surface area contributed by atoms with Crippen LogP contribution in [-0.2, 0) is 4.57 Å². The van der Waals surface area contributed by atoms with Crippen molar-refractivity contribution in [3.8, 4) is 16.9 Å². The van der Waals surface area contributed by atoms with Gasteiger partial charge >= 0.3 is 12.9 Å². The lowest BCUT2D eigenvalue weighted by Gasteiger charge is -2.37. The molecule has 0 radical (unpaired) electrons. The minimum atomic E-state index is -5.08. The van der Waals surface area contributed by atoms with Gasteiger partial charge in [0, 0.05) is 29.9 Å². The number of thiocarbonyl (C=S) groups is 1. The summed E-state index contributed by atoms with van der Waals surface area (Å²) in [6.07, 6.45) is 0. The fraction of sp³-hybridized carbons (Fsp3) is 0. The number of hydrogen-bond acceptors (Lipinski definition) is 4. The summed E-state index contributed by atoms with van der Waals surface area (Å²) < 4.78 is 17.3. The molecule has 0 amide bonds. The van der Waals surface area contributed by atoms with Crippen molar-refractivity contribution in [3.05, 3.63) is 78.9 Å². The quantitative estimate of drug-likeness (QED) is 0.544. The number of benzene rings is 3. The SMILES string of the molecule is O=P([O-])(O)[N+]1(c2ccccc2)C(=S)Oc2cccc(-c3ccccc3)c21. The van der Waals surface area contributed by atoms with Gasteiger partial charge in [0.15, 0.2) is 11.4 Å². The van der Waals surface area contributed by atoms with Gasteiger partial charge in [0.05, 0.1) is 0 Å². The van der Waals surface area contributed by atoms with Crippen molar-refractivity contribution >= 4 is 36.5 Å². The Morgan fingerprint density at radius 3 is 2.15 bits per heavy atom. The highest BCUT2D eigenvalue weighted by molar-refractivity contribution is 7.81. The van der Waals surface area contributed by atoms with Crippen LogP contribution in [0.4, 0.5) is 11.4 Å². The van der Waals surface area contributed by atoms with E-state index in [-0.39, 0.29) is 10.9 Å². The van der Waals surface area contributed by atoms with Gasteiger partial charge in [0.2, 0.25) is 5.69 Å². The van der Waals surface area contributed by atoms with E-state index in [9.17, 15) is 14.4 Å². The van der Waals surface area contributed by atoms with Crippen molar-refractivity contribution in [3.63, 3.8) is 0 Å². The molecule has 26 heavy (non-hydrogen) atoms. The zero-order valence-corrected chi connectivity index (χ0v) is 15.2.